The van der Waals surface area contributed by atoms with Gasteiger partial charge in [0.2, 0.25) is 5.91 Å². The molecular weight excluding hydrogens is 302 g/mol. The van der Waals surface area contributed by atoms with E-state index in [2.05, 4.69) is 21.2 Å². The summed E-state index contributed by atoms with van der Waals surface area (Å²) in [6, 6.07) is 5.79. The number of hydrogen-bond acceptors (Lipinski definition) is 3. The van der Waals surface area contributed by atoms with E-state index in [4.69, 9.17) is 5.11 Å². The summed E-state index contributed by atoms with van der Waals surface area (Å²) in [6.07, 6.45) is 0. The van der Waals surface area contributed by atoms with Gasteiger partial charge in [-0.1, -0.05) is 15.9 Å². The van der Waals surface area contributed by atoms with Crippen molar-refractivity contribution in [2.75, 3.05) is 12.4 Å². The third-order valence-electron chi connectivity index (χ3n) is 2.18. The number of nitrogens with one attached hydrogen (secondary N) is 1. The molecule has 3 nitrogen and oxygen atoms in total. The number of thioether (sulfide) groups is 1. The van der Waals surface area contributed by atoms with Crippen molar-refractivity contribution in [1.29, 1.82) is 0 Å². The molecule has 1 atom stereocenters. The van der Waals surface area contributed by atoms with E-state index < -0.39 is 0 Å². The van der Waals surface area contributed by atoms with Gasteiger partial charge < -0.3 is 10.4 Å². The van der Waals surface area contributed by atoms with Crippen LogP contribution < -0.4 is 5.32 Å². The zero-order valence-corrected chi connectivity index (χ0v) is 12.3. The van der Waals surface area contributed by atoms with Crippen LogP contribution in [0.1, 0.15) is 12.5 Å². The first-order valence-corrected chi connectivity index (χ1v) is 7.10. The van der Waals surface area contributed by atoms with E-state index in [0.29, 0.717) is 5.75 Å². The second kappa shape index (κ2) is 7.03. The normalized spacial score (nSPS) is 12.2. The van der Waals surface area contributed by atoms with Crippen molar-refractivity contribution in [2.24, 2.45) is 0 Å². The van der Waals surface area contributed by atoms with E-state index in [-0.39, 0.29) is 18.6 Å². The van der Waals surface area contributed by atoms with E-state index in [0.717, 1.165) is 14.9 Å². The second-order valence-electron chi connectivity index (χ2n) is 3.85. The Labute approximate surface area is 114 Å². The summed E-state index contributed by atoms with van der Waals surface area (Å²) in [5.41, 5.74) is 1.15. The highest BCUT2D eigenvalue weighted by atomic mass is 79.9. The number of rotatable bonds is 5. The van der Waals surface area contributed by atoms with Crippen molar-refractivity contribution < 1.29 is 9.90 Å². The van der Waals surface area contributed by atoms with E-state index >= 15 is 0 Å². The Morgan fingerprint density at radius 3 is 2.88 bits per heavy atom. The van der Waals surface area contributed by atoms with Crippen molar-refractivity contribution in [3.63, 3.8) is 0 Å². The Hall–Kier alpha value is -0.520. The van der Waals surface area contributed by atoms with Crippen LogP contribution in [0.15, 0.2) is 27.6 Å². The largest absolute Gasteiger partial charge is 0.394 e. The molecular formula is C12H16BrNO2S. The molecule has 1 amide bonds. The number of aliphatic hydroxyl groups is 1. The molecule has 0 bridgehead atoms. The Bertz CT molecular complexity index is 398. The van der Waals surface area contributed by atoms with Crippen LogP contribution in [0, 0.1) is 6.92 Å². The predicted octanol–water partition coefficient (Wildman–Crippen LogP) is 2.35. The molecule has 0 radical (unpaired) electrons. The zero-order valence-electron chi connectivity index (χ0n) is 9.87. The molecule has 5 heteroatoms. The molecule has 1 aromatic rings. The lowest BCUT2D eigenvalue weighted by molar-refractivity contribution is -0.119. The van der Waals surface area contributed by atoms with Crippen LogP contribution in [0.4, 0.5) is 0 Å². The summed E-state index contributed by atoms with van der Waals surface area (Å²) in [5.74, 6) is 0.311. The van der Waals surface area contributed by atoms with Gasteiger partial charge in [-0.3, -0.25) is 4.79 Å². The smallest absolute Gasteiger partial charge is 0.230 e. The van der Waals surface area contributed by atoms with E-state index in [1.807, 2.05) is 25.1 Å². The van der Waals surface area contributed by atoms with Gasteiger partial charge in [0.15, 0.2) is 0 Å². The molecule has 1 rings (SSSR count). The molecule has 1 aromatic carbocycles. The van der Waals surface area contributed by atoms with Crippen molar-refractivity contribution in [1.82, 2.24) is 5.32 Å². The summed E-state index contributed by atoms with van der Waals surface area (Å²) in [6.45, 7) is 3.75. The van der Waals surface area contributed by atoms with Crippen molar-refractivity contribution in [3.05, 3.63) is 28.2 Å². The van der Waals surface area contributed by atoms with Gasteiger partial charge in [-0.2, -0.15) is 0 Å². The molecule has 0 unspecified atom stereocenters. The topological polar surface area (TPSA) is 49.3 Å². The number of amides is 1. The summed E-state index contributed by atoms with van der Waals surface area (Å²) >= 11 is 4.90. The Morgan fingerprint density at radius 2 is 2.29 bits per heavy atom. The number of hydrogen-bond donors (Lipinski definition) is 2. The minimum Gasteiger partial charge on any atom is -0.394 e. The monoisotopic (exact) mass is 317 g/mol. The highest BCUT2D eigenvalue weighted by Gasteiger charge is 2.07. The fraction of sp³-hybridized carbons (Fsp3) is 0.417. The molecule has 0 aliphatic heterocycles. The lowest BCUT2D eigenvalue weighted by atomic mass is 10.2. The molecule has 0 saturated heterocycles. The van der Waals surface area contributed by atoms with Gasteiger partial charge in [0.25, 0.3) is 0 Å². The van der Waals surface area contributed by atoms with Gasteiger partial charge in [-0.15, -0.1) is 11.8 Å². The third-order valence-corrected chi connectivity index (χ3v) is 3.85. The number of carbonyl (C=O) groups is 1. The standard InChI is InChI=1S/C12H16BrNO2S/c1-8-5-10(13)3-4-11(8)17-7-12(16)14-9(2)6-15/h3-5,9,15H,6-7H2,1-2H3,(H,14,16)/t9-/m1/s1. The number of aryl methyl sites for hydroxylation is 1. The van der Waals surface area contributed by atoms with Crippen LogP contribution >= 0.6 is 27.7 Å². The van der Waals surface area contributed by atoms with Gasteiger partial charge in [0.1, 0.15) is 0 Å². The van der Waals surface area contributed by atoms with Gasteiger partial charge in [0.05, 0.1) is 12.4 Å². The highest BCUT2D eigenvalue weighted by Crippen LogP contribution is 2.24. The molecule has 0 saturated carbocycles. The first-order valence-electron chi connectivity index (χ1n) is 5.32. The maximum atomic E-state index is 11.5. The van der Waals surface area contributed by atoms with E-state index in [1.54, 1.807) is 6.92 Å². The van der Waals surface area contributed by atoms with Gasteiger partial charge in [-0.05, 0) is 37.6 Å². The first-order chi connectivity index (χ1) is 8.02. The minimum absolute atomic E-state index is 0.0340. The highest BCUT2D eigenvalue weighted by molar-refractivity contribution is 9.10. The fourth-order valence-electron chi connectivity index (χ4n) is 1.28. The Balaban J connectivity index is 2.47. The summed E-state index contributed by atoms with van der Waals surface area (Å²) in [5, 5.41) is 11.5. The van der Waals surface area contributed by atoms with Crippen LogP contribution in [0.2, 0.25) is 0 Å². The van der Waals surface area contributed by atoms with Crippen LogP contribution in [0.25, 0.3) is 0 Å². The van der Waals surface area contributed by atoms with E-state index in [9.17, 15) is 4.79 Å². The molecule has 17 heavy (non-hydrogen) atoms. The molecule has 2 N–H and O–H groups in total. The summed E-state index contributed by atoms with van der Waals surface area (Å²) in [7, 11) is 0. The molecule has 0 aliphatic carbocycles. The molecule has 94 valence electrons. The molecule has 0 heterocycles. The Kier molecular flexibility index (Phi) is 6.02. The fourth-order valence-corrected chi connectivity index (χ4v) is 2.58. The maximum absolute atomic E-state index is 11.5. The van der Waals surface area contributed by atoms with Gasteiger partial charge in [0, 0.05) is 15.4 Å². The number of aliphatic hydroxyl groups excluding tert-OH is 1. The predicted molar refractivity (Wildman–Crippen MR) is 74.3 cm³/mol. The zero-order chi connectivity index (χ0) is 12.8. The third kappa shape index (κ3) is 5.10. The van der Waals surface area contributed by atoms with Crippen LogP contribution in [-0.4, -0.2) is 29.4 Å². The first kappa shape index (κ1) is 14.5. The van der Waals surface area contributed by atoms with Crippen LogP contribution in [-0.2, 0) is 4.79 Å². The summed E-state index contributed by atoms with van der Waals surface area (Å²) in [4.78, 5) is 12.6. The maximum Gasteiger partial charge on any atom is 0.230 e. The Morgan fingerprint density at radius 1 is 1.59 bits per heavy atom. The van der Waals surface area contributed by atoms with Crippen molar-refractivity contribution in [3.8, 4) is 0 Å². The molecule has 0 spiro atoms. The van der Waals surface area contributed by atoms with Crippen LogP contribution in [0.3, 0.4) is 0 Å². The van der Waals surface area contributed by atoms with Crippen molar-refractivity contribution >= 4 is 33.6 Å². The molecule has 0 fully saturated rings. The lowest BCUT2D eigenvalue weighted by Crippen LogP contribution is -2.36. The second-order valence-corrected chi connectivity index (χ2v) is 5.78. The average Bonchev–Trinajstić information content (AvgIpc) is 2.27. The van der Waals surface area contributed by atoms with Crippen LogP contribution in [0.5, 0.6) is 0 Å². The lowest BCUT2D eigenvalue weighted by Gasteiger charge is -2.11. The average molecular weight is 318 g/mol. The quantitative estimate of drug-likeness (QED) is 0.820. The number of halogens is 1. The SMILES string of the molecule is Cc1cc(Br)ccc1SCC(=O)N[C@H](C)CO. The van der Waals surface area contributed by atoms with Gasteiger partial charge in [-0.25, -0.2) is 0 Å². The van der Waals surface area contributed by atoms with Gasteiger partial charge >= 0.3 is 0 Å². The van der Waals surface area contributed by atoms with Crippen molar-refractivity contribution in [2.45, 2.75) is 24.8 Å². The number of benzene rings is 1. The molecule has 0 aliphatic rings. The van der Waals surface area contributed by atoms with E-state index in [1.165, 1.54) is 11.8 Å². The molecule has 0 aromatic heterocycles. The number of carbonyl (C=O) groups excluding carboxylic acids is 1. The summed E-state index contributed by atoms with van der Waals surface area (Å²) < 4.78 is 1.04. The minimum atomic E-state index is -0.186.